The third kappa shape index (κ3) is 4.72. The summed E-state index contributed by atoms with van der Waals surface area (Å²) in [6.45, 7) is 0. The second-order valence-corrected chi connectivity index (χ2v) is 15.8. The number of nitriles is 2. The van der Waals surface area contributed by atoms with Gasteiger partial charge in [0.05, 0.1) is 61.8 Å². The average Bonchev–Trinajstić information content (AvgIpc) is 4.09. The van der Waals surface area contributed by atoms with E-state index in [0.29, 0.717) is 11.1 Å². The lowest BCUT2D eigenvalue weighted by molar-refractivity contribution is 0.672. The standard InChI is InChI=1S/C56H30N4O2/c57-31-33-10-9-11-34(28-33)35-20-22-38(36(29-35)32-58)39-23-21-37(59-46-16-5-1-14-44(46)53-48(59)26-24-42-40-12-3-7-18-51(40)61-55(42)53)30-50(39)60-47-17-6-2-15-45(47)54-49(60)27-25-43-41-13-4-8-19-52(41)62-56(43)54/h1-30H. The molecule has 0 bridgehead atoms. The van der Waals surface area contributed by atoms with Gasteiger partial charge in [-0.25, -0.2) is 0 Å². The lowest BCUT2D eigenvalue weighted by Crippen LogP contribution is -2.02. The Morgan fingerprint density at radius 2 is 0.952 bits per heavy atom. The molecule has 6 nitrogen and oxygen atoms in total. The fraction of sp³-hybridized carbons (Fsp3) is 0. The normalized spacial score (nSPS) is 11.8. The molecule has 4 aromatic heterocycles. The molecule has 0 atom stereocenters. The molecule has 0 fully saturated rings. The van der Waals surface area contributed by atoms with Crippen LogP contribution in [0.2, 0.25) is 0 Å². The van der Waals surface area contributed by atoms with Crippen molar-refractivity contribution in [2.24, 2.45) is 0 Å². The second kappa shape index (κ2) is 12.8. The highest BCUT2D eigenvalue weighted by molar-refractivity contribution is 6.25. The van der Waals surface area contributed by atoms with Crippen molar-refractivity contribution in [3.8, 4) is 45.8 Å². The van der Waals surface area contributed by atoms with Crippen molar-refractivity contribution in [2.45, 2.75) is 0 Å². The molecule has 0 aliphatic carbocycles. The molecule has 13 aromatic rings. The van der Waals surface area contributed by atoms with Crippen LogP contribution in [0.4, 0.5) is 0 Å². The summed E-state index contributed by atoms with van der Waals surface area (Å²) in [7, 11) is 0. The van der Waals surface area contributed by atoms with Gasteiger partial charge in [-0.05, 0) is 90.0 Å². The Morgan fingerprint density at radius 3 is 1.60 bits per heavy atom. The fourth-order valence-corrected chi connectivity index (χ4v) is 9.90. The molecular formula is C56H30N4O2. The van der Waals surface area contributed by atoms with Crippen molar-refractivity contribution in [2.75, 3.05) is 0 Å². The van der Waals surface area contributed by atoms with E-state index in [0.717, 1.165) is 121 Å². The maximum Gasteiger partial charge on any atom is 0.145 e. The molecule has 9 aromatic carbocycles. The largest absolute Gasteiger partial charge is 0.455 e. The first-order chi connectivity index (χ1) is 30.7. The second-order valence-electron chi connectivity index (χ2n) is 15.8. The van der Waals surface area contributed by atoms with E-state index in [9.17, 15) is 10.5 Å². The molecule has 13 rings (SSSR count). The lowest BCUT2D eigenvalue weighted by atomic mass is 9.93. The highest BCUT2D eigenvalue weighted by atomic mass is 16.3. The lowest BCUT2D eigenvalue weighted by Gasteiger charge is -2.18. The molecule has 0 saturated heterocycles. The van der Waals surface area contributed by atoms with Crippen LogP contribution in [0.5, 0.6) is 0 Å². The smallest absolute Gasteiger partial charge is 0.145 e. The summed E-state index contributed by atoms with van der Waals surface area (Å²) in [5.41, 5.74) is 13.9. The van der Waals surface area contributed by atoms with Gasteiger partial charge in [0.15, 0.2) is 0 Å². The van der Waals surface area contributed by atoms with Crippen LogP contribution in [-0.4, -0.2) is 9.13 Å². The number of nitrogens with zero attached hydrogens (tertiary/aromatic N) is 4. The number of benzene rings is 9. The molecule has 4 heterocycles. The molecule has 0 unspecified atom stereocenters. The Hall–Kier alpha value is -8.84. The first-order valence-electron chi connectivity index (χ1n) is 20.5. The minimum atomic E-state index is 0.531. The fourth-order valence-electron chi connectivity index (χ4n) is 9.90. The monoisotopic (exact) mass is 790 g/mol. The Morgan fingerprint density at radius 1 is 0.387 bits per heavy atom. The quantitative estimate of drug-likeness (QED) is 0.178. The molecular weight excluding hydrogens is 761 g/mol. The van der Waals surface area contributed by atoms with Crippen LogP contribution in [0.25, 0.3) is 121 Å². The predicted octanol–water partition coefficient (Wildman–Crippen LogP) is 14.8. The van der Waals surface area contributed by atoms with Crippen LogP contribution in [0.15, 0.2) is 191 Å². The van der Waals surface area contributed by atoms with Crippen molar-refractivity contribution in [3.05, 3.63) is 193 Å². The van der Waals surface area contributed by atoms with Gasteiger partial charge in [-0.3, -0.25) is 0 Å². The van der Waals surface area contributed by atoms with E-state index in [4.69, 9.17) is 8.83 Å². The zero-order valence-electron chi connectivity index (χ0n) is 32.9. The first kappa shape index (κ1) is 34.1. The maximum atomic E-state index is 10.9. The molecule has 0 aliphatic rings. The maximum absolute atomic E-state index is 10.9. The van der Waals surface area contributed by atoms with Crippen molar-refractivity contribution in [3.63, 3.8) is 0 Å². The van der Waals surface area contributed by atoms with E-state index < -0.39 is 0 Å². The Bertz CT molecular complexity index is 4140. The van der Waals surface area contributed by atoms with Gasteiger partial charge < -0.3 is 18.0 Å². The summed E-state index contributed by atoms with van der Waals surface area (Å²) < 4.78 is 18.0. The minimum Gasteiger partial charge on any atom is -0.455 e. The van der Waals surface area contributed by atoms with Crippen LogP contribution in [0, 0.1) is 22.7 Å². The topological polar surface area (TPSA) is 83.7 Å². The molecule has 6 heteroatoms. The number of hydrogen-bond donors (Lipinski definition) is 0. The Balaban J connectivity index is 1.13. The minimum absolute atomic E-state index is 0.531. The van der Waals surface area contributed by atoms with E-state index in [1.165, 1.54) is 0 Å². The summed E-state index contributed by atoms with van der Waals surface area (Å²) in [6.07, 6.45) is 0. The van der Waals surface area contributed by atoms with Gasteiger partial charge in [0.2, 0.25) is 0 Å². The molecule has 0 aliphatic heterocycles. The molecule has 0 N–H and O–H groups in total. The number of fused-ring (bicyclic) bond motifs is 14. The summed E-state index contributed by atoms with van der Waals surface area (Å²) in [4.78, 5) is 0. The molecule has 0 spiro atoms. The predicted molar refractivity (Wildman–Crippen MR) is 250 cm³/mol. The van der Waals surface area contributed by atoms with Crippen LogP contribution >= 0.6 is 0 Å². The molecule has 0 radical (unpaired) electrons. The van der Waals surface area contributed by atoms with E-state index in [-0.39, 0.29) is 0 Å². The van der Waals surface area contributed by atoms with Gasteiger partial charge in [0.1, 0.15) is 22.3 Å². The molecule has 286 valence electrons. The number of furan rings is 2. The highest BCUT2D eigenvalue weighted by Crippen LogP contribution is 2.45. The average molecular weight is 791 g/mol. The zero-order valence-corrected chi connectivity index (χ0v) is 32.9. The number of para-hydroxylation sites is 4. The van der Waals surface area contributed by atoms with Crippen LogP contribution in [0.3, 0.4) is 0 Å². The van der Waals surface area contributed by atoms with E-state index in [1.54, 1.807) is 6.07 Å². The van der Waals surface area contributed by atoms with Crippen molar-refractivity contribution < 1.29 is 8.83 Å². The van der Waals surface area contributed by atoms with E-state index in [2.05, 4.69) is 137 Å². The number of aromatic nitrogens is 2. The number of rotatable bonds is 4. The summed E-state index contributed by atoms with van der Waals surface area (Å²) in [5.74, 6) is 0. The summed E-state index contributed by atoms with van der Waals surface area (Å²) in [5, 5.41) is 29.1. The summed E-state index contributed by atoms with van der Waals surface area (Å²) in [6, 6.07) is 67.0. The highest BCUT2D eigenvalue weighted by Gasteiger charge is 2.24. The third-order valence-corrected chi connectivity index (χ3v) is 12.6. The Labute approximate surface area is 353 Å². The van der Waals surface area contributed by atoms with Gasteiger partial charge in [0.25, 0.3) is 0 Å². The van der Waals surface area contributed by atoms with Crippen molar-refractivity contribution >= 4 is 87.5 Å². The van der Waals surface area contributed by atoms with Gasteiger partial charge in [-0.15, -0.1) is 0 Å². The molecule has 0 amide bonds. The van der Waals surface area contributed by atoms with Crippen LogP contribution < -0.4 is 0 Å². The van der Waals surface area contributed by atoms with Gasteiger partial charge in [0, 0.05) is 49.1 Å². The van der Waals surface area contributed by atoms with Crippen LogP contribution in [-0.2, 0) is 0 Å². The van der Waals surface area contributed by atoms with E-state index >= 15 is 0 Å². The van der Waals surface area contributed by atoms with Gasteiger partial charge in [-0.2, -0.15) is 10.5 Å². The first-order valence-corrected chi connectivity index (χ1v) is 20.5. The molecule has 62 heavy (non-hydrogen) atoms. The van der Waals surface area contributed by atoms with E-state index in [1.807, 2.05) is 60.7 Å². The zero-order chi connectivity index (χ0) is 41.1. The SMILES string of the molecule is N#Cc1cccc(-c2ccc(-c3ccc(-n4c5ccccc5c5c6oc7ccccc7c6ccc54)cc3-n3c4ccccc4c4c5oc6ccccc6c5ccc43)c(C#N)c2)c1. The van der Waals surface area contributed by atoms with Crippen LogP contribution in [0.1, 0.15) is 11.1 Å². The van der Waals surface area contributed by atoms with Crippen molar-refractivity contribution in [1.29, 1.82) is 10.5 Å². The van der Waals surface area contributed by atoms with Gasteiger partial charge in [-0.1, -0.05) is 103 Å². The summed E-state index contributed by atoms with van der Waals surface area (Å²) >= 11 is 0. The van der Waals surface area contributed by atoms with Crippen molar-refractivity contribution in [1.82, 2.24) is 9.13 Å². The van der Waals surface area contributed by atoms with Gasteiger partial charge >= 0.3 is 0 Å². The number of hydrogen-bond acceptors (Lipinski definition) is 4. The third-order valence-electron chi connectivity index (χ3n) is 12.6. The Kier molecular flexibility index (Phi) is 7.05. The molecule has 0 saturated carbocycles.